The molecule has 0 aromatic heterocycles. The quantitative estimate of drug-likeness (QED) is 0.370. The lowest BCUT2D eigenvalue weighted by atomic mass is 10.3. The summed E-state index contributed by atoms with van der Waals surface area (Å²) in [6.07, 6.45) is 0.578. The van der Waals surface area contributed by atoms with Crippen molar-refractivity contribution in [1.29, 1.82) is 0 Å². The van der Waals surface area contributed by atoms with E-state index in [1.807, 2.05) is 0 Å². The second kappa shape index (κ2) is 6.21. The largest absolute Gasteiger partial charge is 0.304 e. The van der Waals surface area contributed by atoms with Crippen molar-refractivity contribution in [2.24, 2.45) is 0 Å². The molecule has 100 valence electrons. The molecule has 1 aromatic carbocycles. The maximum absolute atomic E-state index is 13.3. The molecule has 0 radical (unpaired) electrons. The molecule has 0 saturated carbocycles. The van der Waals surface area contributed by atoms with E-state index in [0.717, 1.165) is 12.1 Å². The molecule has 0 unspecified atom stereocenters. The van der Waals surface area contributed by atoms with Gasteiger partial charge in [0, 0.05) is 24.0 Å². The summed E-state index contributed by atoms with van der Waals surface area (Å²) in [6, 6.07) is 2.46. The molecular weight excluding hydrogens is 331 g/mol. The lowest BCUT2D eigenvalue weighted by molar-refractivity contribution is -0.387. The summed E-state index contributed by atoms with van der Waals surface area (Å²) < 4.78 is 38.9. The first kappa shape index (κ1) is 15.0. The Morgan fingerprint density at radius 2 is 2.11 bits per heavy atom. The first-order valence-electron chi connectivity index (χ1n) is 4.88. The summed E-state index contributed by atoms with van der Waals surface area (Å²) in [5, 5.41) is 11.0. The lowest BCUT2D eigenvalue weighted by Crippen LogP contribution is -2.25. The van der Waals surface area contributed by atoms with Crippen LogP contribution in [0.4, 0.5) is 10.1 Å². The number of nitrogens with zero attached hydrogens (tertiary/aromatic N) is 1. The van der Waals surface area contributed by atoms with Gasteiger partial charge in [-0.1, -0.05) is 15.9 Å². The van der Waals surface area contributed by atoms with E-state index in [2.05, 4.69) is 20.7 Å². The van der Waals surface area contributed by atoms with E-state index < -0.39 is 26.5 Å². The summed E-state index contributed by atoms with van der Waals surface area (Å²) in [7, 11) is -3.83. The van der Waals surface area contributed by atoms with Gasteiger partial charge in [-0.15, -0.1) is 0 Å². The average molecular weight is 341 g/mol. The van der Waals surface area contributed by atoms with E-state index in [1.54, 1.807) is 0 Å². The third-order valence-corrected chi connectivity index (χ3v) is 4.05. The lowest BCUT2D eigenvalue weighted by Gasteiger charge is -2.05. The molecular formula is C9H10BrFN2O4S. The Hall–Kier alpha value is -1.06. The van der Waals surface area contributed by atoms with Crippen LogP contribution in [0.25, 0.3) is 0 Å². The molecule has 0 aliphatic rings. The van der Waals surface area contributed by atoms with Crippen LogP contribution in [0.3, 0.4) is 0 Å². The number of nitro benzene ring substituents is 1. The molecule has 0 aliphatic carbocycles. The van der Waals surface area contributed by atoms with Crippen molar-refractivity contribution in [1.82, 2.24) is 4.72 Å². The maximum Gasteiger partial charge on any atom is 0.304 e. The summed E-state index contributed by atoms with van der Waals surface area (Å²) in [4.78, 5) is 9.14. The molecule has 0 fully saturated rings. The van der Waals surface area contributed by atoms with Gasteiger partial charge in [0.15, 0.2) is 0 Å². The van der Waals surface area contributed by atoms with Gasteiger partial charge in [-0.05, 0) is 12.5 Å². The van der Waals surface area contributed by atoms with Gasteiger partial charge in [-0.2, -0.15) is 4.39 Å². The first-order chi connectivity index (χ1) is 8.38. The van der Waals surface area contributed by atoms with Crippen molar-refractivity contribution in [3.05, 3.63) is 34.1 Å². The summed E-state index contributed by atoms with van der Waals surface area (Å²) in [6.45, 7) is 0.201. The highest BCUT2D eigenvalue weighted by atomic mass is 79.9. The zero-order chi connectivity index (χ0) is 13.8. The topological polar surface area (TPSA) is 89.3 Å². The minimum Gasteiger partial charge on any atom is -0.258 e. The van der Waals surface area contributed by atoms with Crippen molar-refractivity contribution >= 4 is 31.6 Å². The van der Waals surface area contributed by atoms with Crippen LogP contribution in [-0.2, 0) is 10.0 Å². The van der Waals surface area contributed by atoms with Gasteiger partial charge in [-0.3, -0.25) is 10.1 Å². The van der Waals surface area contributed by atoms with Crippen LogP contribution in [0.1, 0.15) is 6.42 Å². The van der Waals surface area contributed by atoms with Gasteiger partial charge in [-0.25, -0.2) is 13.1 Å². The Morgan fingerprint density at radius 1 is 1.44 bits per heavy atom. The van der Waals surface area contributed by atoms with Crippen LogP contribution in [-0.4, -0.2) is 25.2 Å². The maximum atomic E-state index is 13.3. The molecule has 6 nitrogen and oxygen atoms in total. The van der Waals surface area contributed by atoms with Crippen LogP contribution in [0, 0.1) is 15.9 Å². The third-order valence-electron chi connectivity index (χ3n) is 2.03. The van der Waals surface area contributed by atoms with Crippen LogP contribution >= 0.6 is 15.9 Å². The fraction of sp³-hybridized carbons (Fsp3) is 0.333. The number of sulfonamides is 1. The minimum atomic E-state index is -3.83. The van der Waals surface area contributed by atoms with Gasteiger partial charge < -0.3 is 0 Å². The fourth-order valence-electron chi connectivity index (χ4n) is 1.16. The third kappa shape index (κ3) is 3.72. The van der Waals surface area contributed by atoms with Crippen LogP contribution in [0.5, 0.6) is 0 Å². The zero-order valence-electron chi connectivity index (χ0n) is 9.10. The Morgan fingerprint density at radius 3 is 2.61 bits per heavy atom. The van der Waals surface area contributed by atoms with Gasteiger partial charge in [0.2, 0.25) is 15.8 Å². The van der Waals surface area contributed by atoms with E-state index in [1.165, 1.54) is 0 Å². The molecule has 0 heterocycles. The fourth-order valence-corrected chi connectivity index (χ4v) is 2.53. The number of alkyl halides is 1. The second-order valence-electron chi connectivity index (χ2n) is 3.31. The molecule has 9 heteroatoms. The number of benzene rings is 1. The number of hydrogen-bond acceptors (Lipinski definition) is 4. The van der Waals surface area contributed by atoms with Gasteiger partial charge in [0.1, 0.15) is 0 Å². The number of nitro groups is 1. The summed E-state index contributed by atoms with van der Waals surface area (Å²) >= 11 is 3.14. The van der Waals surface area contributed by atoms with Gasteiger partial charge >= 0.3 is 5.69 Å². The highest BCUT2D eigenvalue weighted by Gasteiger charge is 2.20. The Bertz CT molecular complexity index is 549. The van der Waals surface area contributed by atoms with Gasteiger partial charge in [0.05, 0.1) is 9.82 Å². The molecule has 0 atom stereocenters. The Kier molecular flexibility index (Phi) is 5.17. The van der Waals surface area contributed by atoms with E-state index >= 15 is 0 Å². The molecule has 0 bridgehead atoms. The van der Waals surface area contributed by atoms with Crippen molar-refractivity contribution in [2.75, 3.05) is 11.9 Å². The van der Waals surface area contributed by atoms with E-state index in [9.17, 15) is 22.9 Å². The van der Waals surface area contributed by atoms with E-state index in [0.29, 0.717) is 17.8 Å². The van der Waals surface area contributed by atoms with Crippen LogP contribution in [0.2, 0.25) is 0 Å². The first-order valence-corrected chi connectivity index (χ1v) is 7.48. The molecule has 18 heavy (non-hydrogen) atoms. The smallest absolute Gasteiger partial charge is 0.258 e. The van der Waals surface area contributed by atoms with Crippen molar-refractivity contribution in [3.63, 3.8) is 0 Å². The van der Waals surface area contributed by atoms with E-state index in [-0.39, 0.29) is 11.4 Å². The highest BCUT2D eigenvalue weighted by molar-refractivity contribution is 9.09. The van der Waals surface area contributed by atoms with Crippen molar-refractivity contribution in [3.8, 4) is 0 Å². The van der Waals surface area contributed by atoms with E-state index in [4.69, 9.17) is 0 Å². The van der Waals surface area contributed by atoms with Gasteiger partial charge in [0.25, 0.3) is 0 Å². The predicted octanol–water partition coefficient (Wildman–Crippen LogP) is 1.80. The normalized spacial score (nSPS) is 11.4. The molecule has 0 saturated heterocycles. The number of halogens is 2. The zero-order valence-corrected chi connectivity index (χ0v) is 11.5. The molecule has 1 N–H and O–H groups in total. The summed E-state index contributed by atoms with van der Waals surface area (Å²) in [5.74, 6) is -1.18. The highest BCUT2D eigenvalue weighted by Crippen LogP contribution is 2.20. The molecule has 0 aliphatic heterocycles. The molecule has 1 rings (SSSR count). The number of hydrogen-bond donors (Lipinski definition) is 1. The molecule has 0 spiro atoms. The number of nitrogens with one attached hydrogen (secondary N) is 1. The minimum absolute atomic E-state index is 0.201. The second-order valence-corrected chi connectivity index (χ2v) is 5.87. The number of rotatable bonds is 6. The predicted molar refractivity (Wildman–Crippen MR) is 66.7 cm³/mol. The summed E-state index contributed by atoms with van der Waals surface area (Å²) in [5.41, 5.74) is -0.755. The van der Waals surface area contributed by atoms with Crippen LogP contribution < -0.4 is 4.72 Å². The van der Waals surface area contributed by atoms with Crippen molar-refractivity contribution < 1.29 is 17.7 Å². The standard InChI is InChI=1S/C9H10BrFN2O4S/c10-4-1-5-12-18(16,17)7-2-3-9(13(14)15)8(11)6-7/h2-3,6,12H,1,4-5H2. The molecule has 0 amide bonds. The Balaban J connectivity index is 2.97. The van der Waals surface area contributed by atoms with Crippen molar-refractivity contribution in [2.45, 2.75) is 11.3 Å². The SMILES string of the molecule is O=[N+]([O-])c1ccc(S(=O)(=O)NCCCBr)cc1F. The molecule has 1 aromatic rings. The van der Waals surface area contributed by atoms with Crippen LogP contribution in [0.15, 0.2) is 23.1 Å². The monoisotopic (exact) mass is 340 g/mol. The Labute approximate surface area is 112 Å². The average Bonchev–Trinajstić information content (AvgIpc) is 2.28.